The summed E-state index contributed by atoms with van der Waals surface area (Å²) in [5.41, 5.74) is 7.13. The van der Waals surface area contributed by atoms with Crippen molar-refractivity contribution < 1.29 is 5.11 Å². The quantitative estimate of drug-likeness (QED) is 0.740. The van der Waals surface area contributed by atoms with E-state index in [9.17, 15) is 5.11 Å². The Morgan fingerprint density at radius 2 is 1.84 bits per heavy atom. The summed E-state index contributed by atoms with van der Waals surface area (Å²) in [6.45, 7) is 2.48. The summed E-state index contributed by atoms with van der Waals surface area (Å²) < 4.78 is 0. The fraction of sp³-hybridized carbons (Fsp3) is 0.333. The summed E-state index contributed by atoms with van der Waals surface area (Å²) in [4.78, 5) is 0. The second kappa shape index (κ2) is 5.18. The lowest BCUT2D eigenvalue weighted by Gasteiger charge is -2.18. The van der Waals surface area contributed by atoms with Gasteiger partial charge >= 0.3 is 0 Å². The van der Waals surface area contributed by atoms with E-state index in [0.29, 0.717) is 5.92 Å². The van der Waals surface area contributed by atoms with Crippen LogP contribution >= 0.6 is 0 Å². The number of benzene rings is 2. The van der Waals surface area contributed by atoms with Crippen LogP contribution in [0, 0.1) is 0 Å². The lowest BCUT2D eigenvalue weighted by Crippen LogP contribution is -2.03. The van der Waals surface area contributed by atoms with Crippen LogP contribution in [0.5, 0.6) is 0 Å². The van der Waals surface area contributed by atoms with Crippen molar-refractivity contribution in [2.45, 2.75) is 32.1 Å². The molecular weight excluding hydrogens is 232 g/mol. The highest BCUT2D eigenvalue weighted by molar-refractivity contribution is 5.78. The van der Waals surface area contributed by atoms with Gasteiger partial charge in [0.25, 0.3) is 0 Å². The molecule has 0 amide bonds. The summed E-state index contributed by atoms with van der Waals surface area (Å²) in [6, 6.07) is 15.3. The summed E-state index contributed by atoms with van der Waals surface area (Å²) in [7, 11) is 0. The molecule has 1 aliphatic carbocycles. The van der Waals surface area contributed by atoms with Crippen molar-refractivity contribution in [3.05, 3.63) is 59.2 Å². The minimum absolute atomic E-state index is 0.273. The van der Waals surface area contributed by atoms with Crippen LogP contribution < -0.4 is 0 Å². The minimum atomic E-state index is 0.273. The molecule has 0 aliphatic heterocycles. The zero-order valence-electron chi connectivity index (χ0n) is 11.4. The third kappa shape index (κ3) is 2.08. The van der Waals surface area contributed by atoms with Crippen LogP contribution in [-0.4, -0.2) is 11.7 Å². The third-order valence-electron chi connectivity index (χ3n) is 4.30. The first-order valence-corrected chi connectivity index (χ1v) is 7.16. The average Bonchev–Trinajstić information content (AvgIpc) is 2.83. The van der Waals surface area contributed by atoms with Crippen molar-refractivity contribution in [3.8, 4) is 11.1 Å². The van der Waals surface area contributed by atoms with Gasteiger partial charge in [0.05, 0.1) is 0 Å². The number of hydrogen-bond acceptors (Lipinski definition) is 1. The van der Waals surface area contributed by atoms with E-state index < -0.39 is 0 Å². The van der Waals surface area contributed by atoms with E-state index >= 15 is 0 Å². The molecular formula is C18H20O. The molecule has 0 saturated carbocycles. The zero-order valence-corrected chi connectivity index (χ0v) is 11.4. The number of rotatable bonds is 4. The fourth-order valence-corrected chi connectivity index (χ4v) is 3.30. The highest BCUT2D eigenvalue weighted by atomic mass is 16.3. The molecule has 1 heteroatoms. The smallest absolute Gasteiger partial charge is 0.0436 e. The van der Waals surface area contributed by atoms with Crippen LogP contribution in [0.15, 0.2) is 42.5 Å². The van der Waals surface area contributed by atoms with Gasteiger partial charge < -0.3 is 5.11 Å². The Bertz CT molecular complexity index is 586. The van der Waals surface area contributed by atoms with Crippen LogP contribution in [0.1, 0.15) is 42.4 Å². The lowest BCUT2D eigenvalue weighted by atomic mass is 9.87. The number of hydrogen-bond donors (Lipinski definition) is 1. The van der Waals surface area contributed by atoms with Gasteiger partial charge in [-0.15, -0.1) is 0 Å². The molecule has 2 aromatic rings. The predicted octanol–water partition coefficient (Wildman–Crippen LogP) is 4.13. The van der Waals surface area contributed by atoms with Crippen LogP contribution in [0.4, 0.5) is 0 Å². The van der Waals surface area contributed by atoms with E-state index in [4.69, 9.17) is 0 Å². The van der Waals surface area contributed by atoms with E-state index in [1.165, 1.54) is 27.8 Å². The molecule has 0 fully saturated rings. The molecule has 0 saturated heterocycles. The van der Waals surface area contributed by atoms with Crippen LogP contribution in [-0.2, 0) is 6.42 Å². The Hall–Kier alpha value is -1.60. The van der Waals surface area contributed by atoms with Crippen molar-refractivity contribution in [1.29, 1.82) is 0 Å². The van der Waals surface area contributed by atoms with Gasteiger partial charge in [0.1, 0.15) is 0 Å². The minimum Gasteiger partial charge on any atom is -0.396 e. The molecule has 0 spiro atoms. The maximum atomic E-state index is 9.25. The zero-order chi connectivity index (χ0) is 13.2. The number of aliphatic hydroxyl groups is 1. The molecule has 1 unspecified atom stereocenters. The highest BCUT2D eigenvalue weighted by Crippen LogP contribution is 2.41. The predicted molar refractivity (Wildman–Crippen MR) is 79.4 cm³/mol. The van der Waals surface area contributed by atoms with Gasteiger partial charge in [0, 0.05) is 6.61 Å². The first-order valence-electron chi connectivity index (χ1n) is 7.16. The van der Waals surface area contributed by atoms with E-state index in [0.717, 1.165) is 19.3 Å². The topological polar surface area (TPSA) is 20.2 Å². The summed E-state index contributed by atoms with van der Waals surface area (Å²) in [5.74, 6) is 0.481. The molecule has 3 rings (SSSR count). The van der Waals surface area contributed by atoms with Crippen molar-refractivity contribution in [2.75, 3.05) is 6.61 Å². The Kier molecular flexibility index (Phi) is 3.39. The maximum absolute atomic E-state index is 9.25. The summed E-state index contributed by atoms with van der Waals surface area (Å²) in [5, 5.41) is 9.25. The monoisotopic (exact) mass is 252 g/mol. The Morgan fingerprint density at radius 3 is 2.63 bits per heavy atom. The molecule has 0 radical (unpaired) electrons. The maximum Gasteiger partial charge on any atom is 0.0436 e. The number of aliphatic hydroxyl groups excluding tert-OH is 1. The lowest BCUT2D eigenvalue weighted by molar-refractivity contribution is 0.274. The van der Waals surface area contributed by atoms with Crippen molar-refractivity contribution >= 4 is 0 Å². The summed E-state index contributed by atoms with van der Waals surface area (Å²) in [6.07, 6.45) is 3.00. The van der Waals surface area contributed by atoms with E-state index in [2.05, 4.69) is 49.4 Å². The molecule has 2 aromatic carbocycles. The Labute approximate surface area is 114 Å². The second-order valence-corrected chi connectivity index (χ2v) is 5.32. The van der Waals surface area contributed by atoms with Gasteiger partial charge in [-0.05, 0) is 53.0 Å². The van der Waals surface area contributed by atoms with Gasteiger partial charge in [0.2, 0.25) is 0 Å². The normalized spacial score (nSPS) is 14.0. The Balaban J connectivity index is 2.07. The van der Waals surface area contributed by atoms with E-state index in [-0.39, 0.29) is 6.61 Å². The van der Waals surface area contributed by atoms with Crippen molar-refractivity contribution in [1.82, 2.24) is 0 Å². The van der Waals surface area contributed by atoms with Crippen LogP contribution in [0.25, 0.3) is 11.1 Å². The molecule has 1 atom stereocenters. The van der Waals surface area contributed by atoms with E-state index in [1.54, 1.807) is 0 Å². The average molecular weight is 252 g/mol. The van der Waals surface area contributed by atoms with Gasteiger partial charge in [-0.2, -0.15) is 0 Å². The van der Waals surface area contributed by atoms with Crippen LogP contribution in [0.3, 0.4) is 0 Å². The second-order valence-electron chi connectivity index (χ2n) is 5.32. The summed E-state index contributed by atoms with van der Waals surface area (Å²) >= 11 is 0. The fourth-order valence-electron chi connectivity index (χ4n) is 3.30. The highest BCUT2D eigenvalue weighted by Gasteiger charge is 2.23. The first kappa shape index (κ1) is 12.4. The third-order valence-corrected chi connectivity index (χ3v) is 4.30. The molecule has 1 aliphatic rings. The SMILES string of the molecule is CCC(CCO)c1cccc2c1Cc1ccccc1-2. The van der Waals surface area contributed by atoms with Gasteiger partial charge in [-0.25, -0.2) is 0 Å². The standard InChI is InChI=1S/C18H20O/c1-2-13(10-11-19)15-8-5-9-17-16-7-4-3-6-14(16)12-18(15)17/h3-9,13,19H,2,10-12H2,1H3. The van der Waals surface area contributed by atoms with E-state index in [1.807, 2.05) is 0 Å². The molecule has 0 aromatic heterocycles. The molecule has 98 valence electrons. The number of fused-ring (bicyclic) bond motifs is 3. The van der Waals surface area contributed by atoms with Gasteiger partial charge in [0.15, 0.2) is 0 Å². The largest absolute Gasteiger partial charge is 0.396 e. The van der Waals surface area contributed by atoms with Gasteiger partial charge in [-0.1, -0.05) is 49.4 Å². The molecule has 1 N–H and O–H groups in total. The molecule has 19 heavy (non-hydrogen) atoms. The van der Waals surface area contributed by atoms with Crippen molar-refractivity contribution in [2.24, 2.45) is 0 Å². The van der Waals surface area contributed by atoms with Gasteiger partial charge in [-0.3, -0.25) is 0 Å². The molecule has 1 nitrogen and oxygen atoms in total. The van der Waals surface area contributed by atoms with Crippen molar-refractivity contribution in [3.63, 3.8) is 0 Å². The Morgan fingerprint density at radius 1 is 1.05 bits per heavy atom. The molecule has 0 bridgehead atoms. The molecule has 0 heterocycles. The first-order chi connectivity index (χ1) is 9.35. The van der Waals surface area contributed by atoms with Crippen LogP contribution in [0.2, 0.25) is 0 Å².